The summed E-state index contributed by atoms with van der Waals surface area (Å²) in [5, 5.41) is 3.97. The summed E-state index contributed by atoms with van der Waals surface area (Å²) in [6, 6.07) is 3.37. The van der Waals surface area contributed by atoms with Crippen molar-refractivity contribution < 1.29 is 12.8 Å². The predicted molar refractivity (Wildman–Crippen MR) is 72.8 cm³/mol. The average Bonchev–Trinajstić information content (AvgIpc) is 2.75. The number of alkyl halides is 1. The average molecular weight is 297 g/mol. The van der Waals surface area contributed by atoms with Crippen molar-refractivity contribution in [3.05, 3.63) is 41.3 Å². The molecule has 0 aliphatic carbocycles. The molecule has 0 amide bonds. The minimum atomic E-state index is -3.52. The lowest BCUT2D eigenvalue weighted by molar-refractivity contribution is 0.427. The summed E-state index contributed by atoms with van der Waals surface area (Å²) in [7, 11) is -3.52. The first-order valence-electron chi connectivity index (χ1n) is 6.16. The molecule has 7 heteroatoms. The molecule has 2 aromatic rings. The fourth-order valence-corrected chi connectivity index (χ4v) is 3.33. The van der Waals surface area contributed by atoms with Crippen molar-refractivity contribution in [2.24, 2.45) is 0 Å². The van der Waals surface area contributed by atoms with Crippen LogP contribution in [0.1, 0.15) is 16.8 Å². The Bertz CT molecular complexity index is 690. The summed E-state index contributed by atoms with van der Waals surface area (Å²) in [5.74, 6) is -0.185. The maximum absolute atomic E-state index is 12.3. The molecule has 0 bridgehead atoms. The third-order valence-electron chi connectivity index (χ3n) is 2.75. The van der Waals surface area contributed by atoms with Crippen LogP contribution >= 0.6 is 0 Å². The molecule has 2 rings (SSSR count). The van der Waals surface area contributed by atoms with Crippen LogP contribution in [-0.2, 0) is 22.1 Å². The fourth-order valence-electron chi connectivity index (χ4n) is 1.95. The van der Waals surface area contributed by atoms with Gasteiger partial charge in [0.05, 0.1) is 18.5 Å². The van der Waals surface area contributed by atoms with E-state index in [2.05, 4.69) is 10.1 Å². The van der Waals surface area contributed by atoms with Gasteiger partial charge in [-0.2, -0.15) is 5.10 Å². The minimum Gasteiger partial charge on any atom is -0.270 e. The van der Waals surface area contributed by atoms with E-state index in [1.54, 1.807) is 19.2 Å². The van der Waals surface area contributed by atoms with Crippen LogP contribution in [0.3, 0.4) is 0 Å². The molecule has 2 heterocycles. The highest BCUT2D eigenvalue weighted by Crippen LogP contribution is 2.16. The van der Waals surface area contributed by atoms with E-state index in [0.29, 0.717) is 11.3 Å². The first-order chi connectivity index (χ1) is 9.40. The maximum atomic E-state index is 12.3. The molecule has 0 saturated heterocycles. The Morgan fingerprint density at radius 1 is 1.30 bits per heavy atom. The molecule has 0 aliphatic heterocycles. The van der Waals surface area contributed by atoms with Gasteiger partial charge in [-0.25, -0.2) is 17.8 Å². The number of hydrogen-bond donors (Lipinski definition) is 0. The molecule has 0 aliphatic rings. The Kier molecular flexibility index (Phi) is 4.17. The van der Waals surface area contributed by atoms with Crippen LogP contribution in [0.25, 0.3) is 0 Å². The SMILES string of the molecule is Cc1cc(C)nc(S(=O)(=O)Cc2cnn(CCF)c2)c1. The smallest absolute Gasteiger partial charge is 0.199 e. The number of halogens is 1. The molecular formula is C13H16FN3O2S. The molecule has 0 saturated carbocycles. The third-order valence-corrected chi connectivity index (χ3v) is 4.31. The van der Waals surface area contributed by atoms with Gasteiger partial charge in [-0.3, -0.25) is 4.68 Å². The van der Waals surface area contributed by atoms with Gasteiger partial charge in [0, 0.05) is 17.5 Å². The zero-order valence-corrected chi connectivity index (χ0v) is 12.2. The lowest BCUT2D eigenvalue weighted by Gasteiger charge is -2.04. The Hall–Kier alpha value is -1.76. The molecule has 2 aromatic heterocycles. The fraction of sp³-hybridized carbons (Fsp3) is 0.385. The molecule has 0 radical (unpaired) electrons. The first kappa shape index (κ1) is 14.6. The van der Waals surface area contributed by atoms with E-state index in [1.807, 2.05) is 13.0 Å². The van der Waals surface area contributed by atoms with Crippen molar-refractivity contribution >= 4 is 9.84 Å². The van der Waals surface area contributed by atoms with Crippen LogP contribution in [0.4, 0.5) is 4.39 Å². The summed E-state index contributed by atoms with van der Waals surface area (Å²) in [5.41, 5.74) is 2.04. The molecule has 0 fully saturated rings. The van der Waals surface area contributed by atoms with Gasteiger partial charge >= 0.3 is 0 Å². The van der Waals surface area contributed by atoms with Gasteiger partial charge in [-0.15, -0.1) is 0 Å². The molecule has 0 N–H and O–H groups in total. The van der Waals surface area contributed by atoms with Crippen LogP contribution < -0.4 is 0 Å². The van der Waals surface area contributed by atoms with E-state index in [4.69, 9.17) is 0 Å². The van der Waals surface area contributed by atoms with Crippen molar-refractivity contribution in [1.29, 1.82) is 0 Å². The summed E-state index contributed by atoms with van der Waals surface area (Å²) in [6.07, 6.45) is 2.98. The zero-order chi connectivity index (χ0) is 14.8. The van der Waals surface area contributed by atoms with E-state index < -0.39 is 16.5 Å². The van der Waals surface area contributed by atoms with Gasteiger partial charge in [0.1, 0.15) is 6.67 Å². The molecule has 0 unspecified atom stereocenters. The maximum Gasteiger partial charge on any atom is 0.199 e. The van der Waals surface area contributed by atoms with E-state index in [1.165, 1.54) is 10.9 Å². The van der Waals surface area contributed by atoms with Crippen molar-refractivity contribution in [3.8, 4) is 0 Å². The van der Waals surface area contributed by atoms with Gasteiger partial charge in [-0.1, -0.05) is 0 Å². The van der Waals surface area contributed by atoms with Crippen molar-refractivity contribution in [3.63, 3.8) is 0 Å². The van der Waals surface area contributed by atoms with E-state index in [0.717, 1.165) is 5.56 Å². The highest BCUT2D eigenvalue weighted by Gasteiger charge is 2.18. The lowest BCUT2D eigenvalue weighted by Crippen LogP contribution is -2.08. The topological polar surface area (TPSA) is 64.8 Å². The van der Waals surface area contributed by atoms with Crippen molar-refractivity contribution in [2.45, 2.75) is 31.2 Å². The first-order valence-corrected chi connectivity index (χ1v) is 7.81. The van der Waals surface area contributed by atoms with E-state index in [-0.39, 0.29) is 17.3 Å². The number of hydrogen-bond acceptors (Lipinski definition) is 4. The number of aryl methyl sites for hydroxylation is 3. The second kappa shape index (κ2) is 5.70. The van der Waals surface area contributed by atoms with Crippen LogP contribution in [-0.4, -0.2) is 29.9 Å². The van der Waals surface area contributed by atoms with Gasteiger partial charge < -0.3 is 0 Å². The largest absolute Gasteiger partial charge is 0.270 e. The van der Waals surface area contributed by atoms with Gasteiger partial charge in [0.25, 0.3) is 0 Å². The number of pyridine rings is 1. The predicted octanol–water partition coefficient (Wildman–Crippen LogP) is 1.84. The summed E-state index contributed by atoms with van der Waals surface area (Å²) < 4.78 is 38.2. The van der Waals surface area contributed by atoms with Crippen LogP contribution in [0.5, 0.6) is 0 Å². The lowest BCUT2D eigenvalue weighted by atomic mass is 10.3. The Morgan fingerprint density at radius 2 is 2.05 bits per heavy atom. The normalized spacial score (nSPS) is 11.8. The molecule has 20 heavy (non-hydrogen) atoms. The number of sulfone groups is 1. The standard InChI is InChI=1S/C13H16FN3O2S/c1-10-5-11(2)16-13(6-10)20(18,19)9-12-7-15-17(8-12)4-3-14/h5-8H,3-4,9H2,1-2H3. The Morgan fingerprint density at radius 3 is 2.70 bits per heavy atom. The van der Waals surface area contributed by atoms with Gasteiger partial charge in [0.15, 0.2) is 14.9 Å². The van der Waals surface area contributed by atoms with Gasteiger partial charge in [0.2, 0.25) is 0 Å². The molecule has 5 nitrogen and oxygen atoms in total. The van der Waals surface area contributed by atoms with Crippen molar-refractivity contribution in [1.82, 2.24) is 14.8 Å². The second-order valence-corrected chi connectivity index (χ2v) is 6.62. The second-order valence-electron chi connectivity index (χ2n) is 4.68. The van der Waals surface area contributed by atoms with Crippen LogP contribution in [0.2, 0.25) is 0 Å². The van der Waals surface area contributed by atoms with Crippen LogP contribution in [0, 0.1) is 13.8 Å². The quantitative estimate of drug-likeness (QED) is 0.844. The molecular weight excluding hydrogens is 281 g/mol. The van der Waals surface area contributed by atoms with E-state index >= 15 is 0 Å². The number of aromatic nitrogens is 3. The highest BCUT2D eigenvalue weighted by atomic mass is 32.2. The number of rotatable bonds is 5. The molecule has 0 atom stereocenters. The van der Waals surface area contributed by atoms with E-state index in [9.17, 15) is 12.8 Å². The third kappa shape index (κ3) is 3.41. The summed E-state index contributed by atoms with van der Waals surface area (Å²) in [4.78, 5) is 4.07. The van der Waals surface area contributed by atoms with Crippen molar-refractivity contribution in [2.75, 3.05) is 6.67 Å². The van der Waals surface area contributed by atoms with Gasteiger partial charge in [-0.05, 0) is 31.5 Å². The summed E-state index contributed by atoms with van der Waals surface area (Å²) >= 11 is 0. The number of nitrogens with zero attached hydrogens (tertiary/aromatic N) is 3. The molecule has 108 valence electrons. The Labute approximate surface area is 117 Å². The Balaban J connectivity index is 2.25. The molecule has 0 spiro atoms. The monoisotopic (exact) mass is 297 g/mol. The molecule has 0 aromatic carbocycles. The zero-order valence-electron chi connectivity index (χ0n) is 11.4. The highest BCUT2D eigenvalue weighted by molar-refractivity contribution is 7.90. The summed E-state index contributed by atoms with van der Waals surface area (Å²) in [6.45, 7) is 3.17. The van der Waals surface area contributed by atoms with Crippen LogP contribution in [0.15, 0.2) is 29.6 Å². The minimum absolute atomic E-state index is 0.0632.